The summed E-state index contributed by atoms with van der Waals surface area (Å²) in [6.45, 7) is 5.52. The average Bonchev–Trinajstić information content (AvgIpc) is 2.62. The number of nitrogens with one attached hydrogen (secondary N) is 3. The Labute approximate surface area is 161 Å². The molecule has 0 saturated heterocycles. The summed E-state index contributed by atoms with van der Waals surface area (Å²) < 4.78 is 0. The SMILES string of the molecule is CC(=O)Nc1ccc(NC(=O)[C@H](CC(C)C)NC(=O)C2CCCCC2)cc1. The highest BCUT2D eigenvalue weighted by Crippen LogP contribution is 2.24. The highest BCUT2D eigenvalue weighted by atomic mass is 16.2. The number of carbonyl (C=O) groups is 3. The lowest BCUT2D eigenvalue weighted by molar-refractivity contribution is -0.130. The first kappa shape index (κ1) is 20.9. The Morgan fingerprint density at radius 2 is 1.52 bits per heavy atom. The first-order valence-electron chi connectivity index (χ1n) is 9.84. The van der Waals surface area contributed by atoms with Crippen LogP contribution < -0.4 is 16.0 Å². The Kier molecular flexibility index (Phi) is 7.82. The smallest absolute Gasteiger partial charge is 0.246 e. The zero-order chi connectivity index (χ0) is 19.8. The van der Waals surface area contributed by atoms with Crippen LogP contribution in [-0.4, -0.2) is 23.8 Å². The van der Waals surface area contributed by atoms with E-state index in [4.69, 9.17) is 0 Å². The summed E-state index contributed by atoms with van der Waals surface area (Å²) in [5.74, 6) is -0.0430. The third kappa shape index (κ3) is 7.04. The molecule has 27 heavy (non-hydrogen) atoms. The van der Waals surface area contributed by atoms with Crippen molar-refractivity contribution in [3.05, 3.63) is 24.3 Å². The monoisotopic (exact) mass is 373 g/mol. The third-order valence-electron chi connectivity index (χ3n) is 4.79. The van der Waals surface area contributed by atoms with E-state index in [1.54, 1.807) is 24.3 Å². The molecule has 3 amide bonds. The molecular formula is C21H31N3O3. The van der Waals surface area contributed by atoms with Crippen LogP contribution in [0.25, 0.3) is 0 Å². The Hall–Kier alpha value is -2.37. The molecule has 1 saturated carbocycles. The summed E-state index contributed by atoms with van der Waals surface area (Å²) in [6, 6.07) is 6.39. The maximum absolute atomic E-state index is 12.7. The van der Waals surface area contributed by atoms with E-state index in [-0.39, 0.29) is 29.6 Å². The Morgan fingerprint density at radius 3 is 2.04 bits per heavy atom. The third-order valence-corrected chi connectivity index (χ3v) is 4.79. The van der Waals surface area contributed by atoms with Crippen molar-refractivity contribution in [3.8, 4) is 0 Å². The van der Waals surface area contributed by atoms with Gasteiger partial charge in [-0.1, -0.05) is 33.1 Å². The summed E-state index contributed by atoms with van der Waals surface area (Å²) in [6.07, 6.45) is 5.76. The van der Waals surface area contributed by atoms with E-state index >= 15 is 0 Å². The minimum atomic E-state index is -0.547. The number of anilines is 2. The zero-order valence-corrected chi connectivity index (χ0v) is 16.5. The minimum absolute atomic E-state index is 0.00324. The lowest BCUT2D eigenvalue weighted by atomic mass is 9.88. The van der Waals surface area contributed by atoms with Gasteiger partial charge in [-0.05, 0) is 49.4 Å². The van der Waals surface area contributed by atoms with Crippen LogP contribution in [0, 0.1) is 11.8 Å². The molecule has 3 N–H and O–H groups in total. The van der Waals surface area contributed by atoms with E-state index in [1.165, 1.54) is 13.3 Å². The van der Waals surface area contributed by atoms with Gasteiger partial charge in [0, 0.05) is 24.2 Å². The molecule has 1 atom stereocenters. The molecule has 0 spiro atoms. The highest BCUT2D eigenvalue weighted by molar-refractivity contribution is 5.97. The number of amides is 3. The van der Waals surface area contributed by atoms with Gasteiger partial charge in [-0.2, -0.15) is 0 Å². The van der Waals surface area contributed by atoms with Gasteiger partial charge in [0.2, 0.25) is 17.7 Å². The fraction of sp³-hybridized carbons (Fsp3) is 0.571. The molecule has 148 valence electrons. The molecule has 0 unspecified atom stereocenters. The molecule has 0 heterocycles. The Bertz CT molecular complexity index is 649. The van der Waals surface area contributed by atoms with Gasteiger partial charge in [0.1, 0.15) is 6.04 Å². The second-order valence-electron chi connectivity index (χ2n) is 7.77. The first-order valence-corrected chi connectivity index (χ1v) is 9.84. The molecule has 1 aliphatic carbocycles. The Morgan fingerprint density at radius 1 is 0.963 bits per heavy atom. The second kappa shape index (κ2) is 10.1. The van der Waals surface area contributed by atoms with Crippen LogP contribution >= 0.6 is 0 Å². The van der Waals surface area contributed by atoms with Crippen LogP contribution in [0.2, 0.25) is 0 Å². The summed E-state index contributed by atoms with van der Waals surface area (Å²) in [5.41, 5.74) is 1.31. The molecule has 2 rings (SSSR count). The van der Waals surface area contributed by atoms with Crippen LogP contribution in [-0.2, 0) is 14.4 Å². The predicted molar refractivity (Wildman–Crippen MR) is 107 cm³/mol. The second-order valence-corrected chi connectivity index (χ2v) is 7.77. The topological polar surface area (TPSA) is 87.3 Å². The number of hydrogen-bond acceptors (Lipinski definition) is 3. The number of carbonyl (C=O) groups excluding carboxylic acids is 3. The minimum Gasteiger partial charge on any atom is -0.344 e. The summed E-state index contributed by atoms with van der Waals surface area (Å²) in [7, 11) is 0. The molecule has 1 aromatic carbocycles. The van der Waals surface area contributed by atoms with Crippen LogP contribution in [0.15, 0.2) is 24.3 Å². The van der Waals surface area contributed by atoms with Crippen molar-refractivity contribution >= 4 is 29.1 Å². The number of benzene rings is 1. The predicted octanol–water partition coefficient (Wildman–Crippen LogP) is 3.69. The van der Waals surface area contributed by atoms with E-state index in [1.807, 2.05) is 13.8 Å². The van der Waals surface area contributed by atoms with Crippen molar-refractivity contribution in [1.82, 2.24) is 5.32 Å². The lowest BCUT2D eigenvalue weighted by Crippen LogP contribution is -2.47. The summed E-state index contributed by atoms with van der Waals surface area (Å²) >= 11 is 0. The standard InChI is InChI=1S/C21H31N3O3/c1-14(2)13-19(24-20(26)16-7-5-4-6-8-16)21(27)23-18-11-9-17(10-12-18)22-15(3)25/h9-12,14,16,19H,4-8,13H2,1-3H3,(H,22,25)(H,23,27)(H,24,26)/t19-/m0/s1. The number of rotatable bonds is 7. The van der Waals surface area contributed by atoms with E-state index < -0.39 is 6.04 Å². The maximum atomic E-state index is 12.7. The lowest BCUT2D eigenvalue weighted by Gasteiger charge is -2.25. The normalized spacial score (nSPS) is 15.9. The fourth-order valence-corrected chi connectivity index (χ4v) is 3.43. The molecule has 1 aromatic rings. The van der Waals surface area contributed by atoms with Gasteiger partial charge >= 0.3 is 0 Å². The van der Waals surface area contributed by atoms with Crippen molar-refractivity contribution in [1.29, 1.82) is 0 Å². The van der Waals surface area contributed by atoms with E-state index in [9.17, 15) is 14.4 Å². The first-order chi connectivity index (χ1) is 12.8. The van der Waals surface area contributed by atoms with Crippen LogP contribution in [0.1, 0.15) is 59.3 Å². The molecule has 0 bridgehead atoms. The molecule has 0 aliphatic heterocycles. The molecule has 0 aromatic heterocycles. The zero-order valence-electron chi connectivity index (χ0n) is 16.5. The van der Waals surface area contributed by atoms with Crippen LogP contribution in [0.5, 0.6) is 0 Å². The summed E-state index contributed by atoms with van der Waals surface area (Å²) in [5, 5.41) is 8.53. The highest BCUT2D eigenvalue weighted by Gasteiger charge is 2.27. The van der Waals surface area contributed by atoms with Crippen LogP contribution in [0.4, 0.5) is 11.4 Å². The number of hydrogen-bond donors (Lipinski definition) is 3. The van der Waals surface area contributed by atoms with Crippen molar-refractivity contribution in [2.75, 3.05) is 10.6 Å². The van der Waals surface area contributed by atoms with Gasteiger partial charge < -0.3 is 16.0 Å². The largest absolute Gasteiger partial charge is 0.344 e. The quantitative estimate of drug-likeness (QED) is 0.681. The fourth-order valence-electron chi connectivity index (χ4n) is 3.43. The molecular weight excluding hydrogens is 342 g/mol. The average molecular weight is 373 g/mol. The Balaban J connectivity index is 1.98. The van der Waals surface area contributed by atoms with Gasteiger partial charge in [-0.3, -0.25) is 14.4 Å². The molecule has 6 heteroatoms. The van der Waals surface area contributed by atoms with Gasteiger partial charge in [0.15, 0.2) is 0 Å². The van der Waals surface area contributed by atoms with Crippen molar-refractivity contribution < 1.29 is 14.4 Å². The van der Waals surface area contributed by atoms with E-state index in [2.05, 4.69) is 16.0 Å². The van der Waals surface area contributed by atoms with E-state index in [0.29, 0.717) is 17.8 Å². The molecule has 6 nitrogen and oxygen atoms in total. The van der Waals surface area contributed by atoms with Gasteiger partial charge in [-0.15, -0.1) is 0 Å². The van der Waals surface area contributed by atoms with Crippen LogP contribution in [0.3, 0.4) is 0 Å². The van der Waals surface area contributed by atoms with E-state index in [0.717, 1.165) is 25.7 Å². The summed E-state index contributed by atoms with van der Waals surface area (Å²) in [4.78, 5) is 36.4. The van der Waals surface area contributed by atoms with Crippen molar-refractivity contribution in [2.45, 2.75) is 65.3 Å². The van der Waals surface area contributed by atoms with Crippen molar-refractivity contribution in [2.24, 2.45) is 11.8 Å². The van der Waals surface area contributed by atoms with Gasteiger partial charge in [-0.25, -0.2) is 0 Å². The molecule has 0 radical (unpaired) electrons. The van der Waals surface area contributed by atoms with Gasteiger partial charge in [0.25, 0.3) is 0 Å². The van der Waals surface area contributed by atoms with Gasteiger partial charge in [0.05, 0.1) is 0 Å². The van der Waals surface area contributed by atoms with Crippen molar-refractivity contribution in [3.63, 3.8) is 0 Å². The molecule has 1 fully saturated rings. The maximum Gasteiger partial charge on any atom is 0.246 e. The molecule has 1 aliphatic rings.